The Morgan fingerprint density at radius 2 is 2.39 bits per heavy atom. The summed E-state index contributed by atoms with van der Waals surface area (Å²) in [4.78, 5) is 10.9. The second kappa shape index (κ2) is 4.94. The number of hydrogen-bond donors (Lipinski definition) is 2. The molecule has 0 saturated carbocycles. The highest BCUT2D eigenvalue weighted by Crippen LogP contribution is 2.20. The van der Waals surface area contributed by atoms with Crippen LogP contribution < -0.4 is 4.72 Å². The number of carbonyl (C=O) groups is 1. The summed E-state index contributed by atoms with van der Waals surface area (Å²) < 4.78 is 31.8. The highest BCUT2D eigenvalue weighted by molar-refractivity contribution is 7.90. The van der Waals surface area contributed by atoms with Crippen LogP contribution >= 0.6 is 0 Å². The lowest BCUT2D eigenvalue weighted by molar-refractivity contribution is -0.142. The maximum absolute atomic E-state index is 12.0. The van der Waals surface area contributed by atoms with Crippen molar-refractivity contribution in [2.75, 3.05) is 17.8 Å². The first kappa shape index (κ1) is 12.8. The van der Waals surface area contributed by atoms with Crippen LogP contribution in [0.1, 0.15) is 12.8 Å². The summed E-state index contributed by atoms with van der Waals surface area (Å²) >= 11 is 0. The lowest BCUT2D eigenvalue weighted by Gasteiger charge is -2.29. The zero-order valence-corrected chi connectivity index (χ0v) is 10.3. The summed E-state index contributed by atoms with van der Waals surface area (Å²) in [5.74, 6) is -1.56. The van der Waals surface area contributed by atoms with Crippen LogP contribution in [0.2, 0.25) is 0 Å². The molecule has 0 radical (unpaired) electrons. The van der Waals surface area contributed by atoms with Gasteiger partial charge in [0.15, 0.2) is 5.82 Å². The van der Waals surface area contributed by atoms with E-state index in [0.29, 0.717) is 19.4 Å². The minimum atomic E-state index is -3.78. The fourth-order valence-electron chi connectivity index (χ4n) is 1.82. The van der Waals surface area contributed by atoms with Gasteiger partial charge in [0.2, 0.25) is 0 Å². The van der Waals surface area contributed by atoms with Gasteiger partial charge in [0, 0.05) is 19.2 Å². The number of aliphatic carboxylic acids is 1. The molecule has 1 aliphatic heterocycles. The number of hydrogen-bond acceptors (Lipinski definition) is 5. The Bertz CT molecular complexity index is 512. The van der Waals surface area contributed by atoms with Crippen molar-refractivity contribution >= 4 is 22.0 Å². The highest BCUT2D eigenvalue weighted by Gasteiger charge is 2.32. The van der Waals surface area contributed by atoms with Crippen molar-refractivity contribution in [3.05, 3.63) is 12.3 Å². The van der Waals surface area contributed by atoms with Crippen molar-refractivity contribution in [3.63, 3.8) is 0 Å². The van der Waals surface area contributed by atoms with Crippen molar-refractivity contribution in [1.82, 2.24) is 9.46 Å². The van der Waals surface area contributed by atoms with Gasteiger partial charge in [-0.3, -0.25) is 9.52 Å². The summed E-state index contributed by atoms with van der Waals surface area (Å²) in [6, 6.07) is 1.37. The molecule has 1 saturated heterocycles. The number of rotatable bonds is 4. The average molecular weight is 275 g/mol. The van der Waals surface area contributed by atoms with Crippen LogP contribution in [-0.4, -0.2) is 42.0 Å². The predicted molar refractivity (Wildman–Crippen MR) is 61.0 cm³/mol. The van der Waals surface area contributed by atoms with Gasteiger partial charge in [-0.2, -0.15) is 12.7 Å². The lowest BCUT2D eigenvalue weighted by Crippen LogP contribution is -2.44. The molecule has 100 valence electrons. The molecule has 2 rings (SSSR count). The molecular formula is C9H13N3O5S. The quantitative estimate of drug-likeness (QED) is 0.807. The third kappa shape index (κ3) is 2.79. The Hall–Kier alpha value is -1.61. The van der Waals surface area contributed by atoms with E-state index in [2.05, 4.69) is 14.4 Å². The lowest BCUT2D eigenvalue weighted by atomic mass is 10.0. The zero-order chi connectivity index (χ0) is 13.2. The van der Waals surface area contributed by atoms with Crippen LogP contribution in [0, 0.1) is 5.92 Å². The van der Waals surface area contributed by atoms with Crippen LogP contribution in [-0.2, 0) is 15.0 Å². The molecule has 2 N–H and O–H groups in total. The largest absolute Gasteiger partial charge is 0.481 e. The maximum atomic E-state index is 12.0. The van der Waals surface area contributed by atoms with Gasteiger partial charge in [0.25, 0.3) is 0 Å². The van der Waals surface area contributed by atoms with E-state index in [9.17, 15) is 13.2 Å². The molecule has 0 bridgehead atoms. The molecule has 1 unspecified atom stereocenters. The van der Waals surface area contributed by atoms with Crippen molar-refractivity contribution in [2.24, 2.45) is 5.92 Å². The number of carboxylic acids is 1. The minimum Gasteiger partial charge on any atom is -0.481 e. The first-order chi connectivity index (χ1) is 8.49. The van der Waals surface area contributed by atoms with Crippen molar-refractivity contribution in [1.29, 1.82) is 0 Å². The van der Waals surface area contributed by atoms with Crippen molar-refractivity contribution in [2.45, 2.75) is 12.8 Å². The van der Waals surface area contributed by atoms with E-state index in [-0.39, 0.29) is 12.4 Å². The standard InChI is InChI=1S/C9H13N3O5S/c13-9(14)7-2-1-4-12(6-7)18(15,16)11-8-3-5-17-10-8/h3,5,7H,1-2,4,6H2,(H,10,11)(H,13,14). The Morgan fingerprint density at radius 1 is 1.61 bits per heavy atom. The molecule has 9 heteroatoms. The van der Waals surface area contributed by atoms with Crippen LogP contribution in [0.5, 0.6) is 0 Å². The van der Waals surface area contributed by atoms with E-state index >= 15 is 0 Å². The molecule has 0 spiro atoms. The van der Waals surface area contributed by atoms with Gasteiger partial charge in [-0.05, 0) is 12.8 Å². The highest BCUT2D eigenvalue weighted by atomic mass is 32.2. The van der Waals surface area contributed by atoms with Crippen LogP contribution in [0.25, 0.3) is 0 Å². The summed E-state index contributed by atoms with van der Waals surface area (Å²) in [6.07, 6.45) is 2.26. The number of carboxylic acid groups (broad SMARTS) is 1. The molecule has 1 atom stereocenters. The topological polar surface area (TPSA) is 113 Å². The number of nitrogens with zero attached hydrogens (tertiary/aromatic N) is 2. The predicted octanol–water partition coefficient (Wildman–Crippen LogP) is 0.128. The van der Waals surface area contributed by atoms with Gasteiger partial charge in [-0.25, -0.2) is 0 Å². The molecule has 1 fully saturated rings. The van der Waals surface area contributed by atoms with Crippen LogP contribution in [0.3, 0.4) is 0 Å². The fraction of sp³-hybridized carbons (Fsp3) is 0.556. The number of anilines is 1. The Balaban J connectivity index is 2.07. The van der Waals surface area contributed by atoms with E-state index in [0.717, 1.165) is 4.31 Å². The van der Waals surface area contributed by atoms with E-state index < -0.39 is 22.1 Å². The first-order valence-corrected chi connectivity index (χ1v) is 6.84. The number of piperidine rings is 1. The number of nitrogens with one attached hydrogen (secondary N) is 1. The van der Waals surface area contributed by atoms with E-state index in [1.165, 1.54) is 12.3 Å². The summed E-state index contributed by atoms with van der Waals surface area (Å²) in [5.41, 5.74) is 0. The van der Waals surface area contributed by atoms with Crippen molar-refractivity contribution < 1.29 is 22.8 Å². The minimum absolute atomic E-state index is 0.0253. The molecule has 18 heavy (non-hydrogen) atoms. The summed E-state index contributed by atoms with van der Waals surface area (Å²) in [5, 5.41) is 12.4. The number of aromatic nitrogens is 1. The average Bonchev–Trinajstić information content (AvgIpc) is 2.81. The van der Waals surface area contributed by atoms with Crippen molar-refractivity contribution in [3.8, 4) is 0 Å². The van der Waals surface area contributed by atoms with Gasteiger partial charge < -0.3 is 9.63 Å². The van der Waals surface area contributed by atoms with Gasteiger partial charge in [-0.1, -0.05) is 5.16 Å². The van der Waals surface area contributed by atoms with Gasteiger partial charge in [0.05, 0.1) is 5.92 Å². The third-order valence-electron chi connectivity index (χ3n) is 2.74. The Morgan fingerprint density at radius 3 is 3.00 bits per heavy atom. The zero-order valence-electron chi connectivity index (χ0n) is 9.44. The normalized spacial score (nSPS) is 21.7. The SMILES string of the molecule is O=C(O)C1CCCN(S(=O)(=O)Nc2ccon2)C1. The molecule has 1 aromatic heterocycles. The summed E-state index contributed by atoms with van der Waals surface area (Å²) in [6.45, 7) is 0.277. The molecular weight excluding hydrogens is 262 g/mol. The van der Waals surface area contributed by atoms with Gasteiger partial charge in [-0.15, -0.1) is 0 Å². The first-order valence-electron chi connectivity index (χ1n) is 5.40. The fourth-order valence-corrected chi connectivity index (χ4v) is 3.07. The monoisotopic (exact) mass is 275 g/mol. The molecule has 0 amide bonds. The Kier molecular flexibility index (Phi) is 3.53. The molecule has 1 aliphatic rings. The van der Waals surface area contributed by atoms with Crippen LogP contribution in [0.15, 0.2) is 16.9 Å². The smallest absolute Gasteiger partial charge is 0.307 e. The second-order valence-electron chi connectivity index (χ2n) is 4.03. The van der Waals surface area contributed by atoms with Crippen LogP contribution in [0.4, 0.5) is 5.82 Å². The Labute approximate surface area is 104 Å². The second-order valence-corrected chi connectivity index (χ2v) is 5.70. The maximum Gasteiger partial charge on any atom is 0.307 e. The third-order valence-corrected chi connectivity index (χ3v) is 4.22. The van der Waals surface area contributed by atoms with Gasteiger partial charge >= 0.3 is 16.2 Å². The van der Waals surface area contributed by atoms with E-state index in [4.69, 9.17) is 5.11 Å². The molecule has 0 aliphatic carbocycles. The van der Waals surface area contributed by atoms with Gasteiger partial charge in [0.1, 0.15) is 6.26 Å². The molecule has 0 aromatic carbocycles. The molecule has 8 nitrogen and oxygen atoms in total. The van der Waals surface area contributed by atoms with E-state index in [1.807, 2.05) is 0 Å². The van der Waals surface area contributed by atoms with E-state index in [1.54, 1.807) is 0 Å². The molecule has 1 aromatic rings. The summed E-state index contributed by atoms with van der Waals surface area (Å²) in [7, 11) is -3.78. The molecule has 2 heterocycles.